The Kier molecular flexibility index (Phi) is 3.37. The van der Waals surface area contributed by atoms with Gasteiger partial charge in [-0.2, -0.15) is 0 Å². The Hall–Kier alpha value is -2.96. The van der Waals surface area contributed by atoms with E-state index in [1.165, 1.54) is 24.5 Å². The van der Waals surface area contributed by atoms with Gasteiger partial charge in [0, 0.05) is 18.1 Å². The van der Waals surface area contributed by atoms with Crippen molar-refractivity contribution < 1.29 is 14.7 Å². The van der Waals surface area contributed by atoms with Crippen molar-refractivity contribution >= 4 is 23.4 Å². The highest BCUT2D eigenvalue weighted by molar-refractivity contribution is 5.96. The zero-order valence-electron chi connectivity index (χ0n) is 9.70. The first-order chi connectivity index (χ1) is 9.08. The van der Waals surface area contributed by atoms with Crippen molar-refractivity contribution in [2.75, 3.05) is 5.32 Å². The van der Waals surface area contributed by atoms with Crippen LogP contribution in [-0.4, -0.2) is 27.0 Å². The summed E-state index contributed by atoms with van der Waals surface area (Å²) in [4.78, 5) is 29.8. The van der Waals surface area contributed by atoms with Crippen LogP contribution in [0.5, 0.6) is 0 Å². The molecule has 1 amide bonds. The Morgan fingerprint density at radius 1 is 1.21 bits per heavy atom. The third kappa shape index (κ3) is 2.83. The third-order valence-electron chi connectivity index (χ3n) is 2.30. The molecule has 96 valence electrons. The molecule has 0 bridgehead atoms. The van der Waals surface area contributed by atoms with Gasteiger partial charge in [-0.15, -0.1) is 0 Å². The number of nitrogens with one attached hydrogen (secondary N) is 1. The molecule has 7 heteroatoms. The summed E-state index contributed by atoms with van der Waals surface area (Å²) >= 11 is 0. The minimum atomic E-state index is -1.04. The largest absolute Gasteiger partial charge is 0.478 e. The monoisotopic (exact) mass is 258 g/mol. The normalized spacial score (nSPS) is 9.89. The highest BCUT2D eigenvalue weighted by Crippen LogP contribution is 2.17. The molecule has 0 saturated carbocycles. The van der Waals surface area contributed by atoms with E-state index < -0.39 is 11.9 Å². The molecular weight excluding hydrogens is 248 g/mol. The lowest BCUT2D eigenvalue weighted by atomic mass is 10.2. The van der Waals surface area contributed by atoms with E-state index in [-0.39, 0.29) is 17.1 Å². The minimum Gasteiger partial charge on any atom is -0.478 e. The number of anilines is 2. The summed E-state index contributed by atoms with van der Waals surface area (Å²) in [5.74, 6) is -1.58. The van der Waals surface area contributed by atoms with E-state index in [4.69, 9.17) is 10.8 Å². The number of rotatable bonds is 4. The molecule has 0 aliphatic heterocycles. The Morgan fingerprint density at radius 3 is 2.63 bits per heavy atom. The van der Waals surface area contributed by atoms with Crippen molar-refractivity contribution in [3.05, 3.63) is 47.9 Å². The molecule has 1 aromatic carbocycles. The number of carboxylic acids is 1. The van der Waals surface area contributed by atoms with E-state index in [0.717, 1.165) is 0 Å². The molecular formula is C12H10N4O3. The van der Waals surface area contributed by atoms with E-state index in [9.17, 15) is 9.59 Å². The maximum absolute atomic E-state index is 11.2. The van der Waals surface area contributed by atoms with Crippen LogP contribution in [0, 0.1) is 0 Å². The number of amides is 1. The molecule has 0 radical (unpaired) electrons. The summed E-state index contributed by atoms with van der Waals surface area (Å²) in [6, 6.07) is 6.10. The maximum Gasteiger partial charge on any atom is 0.335 e. The Labute approximate surface area is 108 Å². The number of carbonyl (C=O) groups excluding carboxylic acids is 1. The average Bonchev–Trinajstić information content (AvgIpc) is 2.39. The summed E-state index contributed by atoms with van der Waals surface area (Å²) < 4.78 is 0. The number of nitrogens with zero attached hydrogens (tertiary/aromatic N) is 2. The third-order valence-corrected chi connectivity index (χ3v) is 2.30. The molecule has 2 rings (SSSR count). The minimum absolute atomic E-state index is 0.0109. The van der Waals surface area contributed by atoms with Crippen molar-refractivity contribution in [3.8, 4) is 0 Å². The van der Waals surface area contributed by atoms with Crippen molar-refractivity contribution in [1.82, 2.24) is 9.97 Å². The van der Waals surface area contributed by atoms with E-state index in [1.807, 2.05) is 0 Å². The fourth-order valence-corrected chi connectivity index (χ4v) is 1.48. The summed E-state index contributed by atoms with van der Waals surface area (Å²) in [7, 11) is 0. The number of benzene rings is 1. The molecule has 0 aliphatic carbocycles. The van der Waals surface area contributed by atoms with E-state index in [1.54, 1.807) is 12.1 Å². The first-order valence-electron chi connectivity index (χ1n) is 5.29. The summed E-state index contributed by atoms with van der Waals surface area (Å²) in [6.45, 7) is 0. The lowest BCUT2D eigenvalue weighted by molar-refractivity contribution is 0.0696. The van der Waals surface area contributed by atoms with Gasteiger partial charge in [0.2, 0.25) is 0 Å². The molecule has 1 aromatic heterocycles. The van der Waals surface area contributed by atoms with Crippen LogP contribution in [0.25, 0.3) is 0 Å². The van der Waals surface area contributed by atoms with Gasteiger partial charge in [0.1, 0.15) is 0 Å². The molecule has 2 aromatic rings. The SMILES string of the molecule is NC(=O)c1nccnc1Nc1cccc(C(=O)O)c1. The van der Waals surface area contributed by atoms with Gasteiger partial charge in [-0.05, 0) is 18.2 Å². The van der Waals surface area contributed by atoms with Crippen molar-refractivity contribution in [2.45, 2.75) is 0 Å². The molecule has 4 N–H and O–H groups in total. The molecule has 0 saturated heterocycles. The zero-order valence-corrected chi connectivity index (χ0v) is 9.70. The van der Waals surface area contributed by atoms with Crippen LogP contribution in [0.3, 0.4) is 0 Å². The summed E-state index contributed by atoms with van der Waals surface area (Å²) in [6.07, 6.45) is 2.74. The molecule has 1 heterocycles. The van der Waals surface area contributed by atoms with Crippen LogP contribution in [0.15, 0.2) is 36.7 Å². The Balaban J connectivity index is 2.34. The number of aromatic nitrogens is 2. The molecule has 7 nitrogen and oxygen atoms in total. The van der Waals surface area contributed by atoms with Gasteiger partial charge < -0.3 is 16.2 Å². The van der Waals surface area contributed by atoms with Crippen LogP contribution < -0.4 is 11.1 Å². The molecule has 0 spiro atoms. The van der Waals surface area contributed by atoms with E-state index >= 15 is 0 Å². The predicted molar refractivity (Wildman–Crippen MR) is 67.2 cm³/mol. The Morgan fingerprint density at radius 2 is 1.95 bits per heavy atom. The van der Waals surface area contributed by atoms with Gasteiger partial charge >= 0.3 is 5.97 Å². The highest BCUT2D eigenvalue weighted by atomic mass is 16.4. The van der Waals surface area contributed by atoms with Crippen LogP contribution in [0.2, 0.25) is 0 Å². The van der Waals surface area contributed by atoms with Crippen molar-refractivity contribution in [1.29, 1.82) is 0 Å². The van der Waals surface area contributed by atoms with Crippen LogP contribution in [0.1, 0.15) is 20.8 Å². The molecule has 0 aliphatic rings. The van der Waals surface area contributed by atoms with Gasteiger partial charge in [-0.25, -0.2) is 14.8 Å². The molecule has 0 fully saturated rings. The lowest BCUT2D eigenvalue weighted by Crippen LogP contribution is -2.16. The number of primary amides is 1. The van der Waals surface area contributed by atoms with Crippen LogP contribution >= 0.6 is 0 Å². The smallest absolute Gasteiger partial charge is 0.335 e. The standard InChI is InChI=1S/C12H10N4O3/c13-10(17)9-11(15-5-4-14-9)16-8-3-1-2-7(6-8)12(18)19/h1-6H,(H2,13,17)(H,15,16)(H,18,19). The fraction of sp³-hybridized carbons (Fsp3) is 0. The Bertz CT molecular complexity index is 642. The number of nitrogens with two attached hydrogens (primary N) is 1. The second-order valence-electron chi connectivity index (χ2n) is 3.63. The van der Waals surface area contributed by atoms with Gasteiger partial charge in [0.25, 0.3) is 5.91 Å². The molecule has 19 heavy (non-hydrogen) atoms. The second-order valence-corrected chi connectivity index (χ2v) is 3.63. The highest BCUT2D eigenvalue weighted by Gasteiger charge is 2.11. The number of hydrogen-bond donors (Lipinski definition) is 3. The van der Waals surface area contributed by atoms with Crippen LogP contribution in [-0.2, 0) is 0 Å². The molecule has 0 atom stereocenters. The quantitative estimate of drug-likeness (QED) is 0.753. The summed E-state index contributed by atoms with van der Waals surface area (Å²) in [5.41, 5.74) is 5.75. The fourth-order valence-electron chi connectivity index (χ4n) is 1.48. The van der Waals surface area contributed by atoms with Crippen molar-refractivity contribution in [3.63, 3.8) is 0 Å². The first kappa shape index (κ1) is 12.5. The van der Waals surface area contributed by atoms with Gasteiger partial charge in [-0.1, -0.05) is 6.07 Å². The van der Waals surface area contributed by atoms with Crippen molar-refractivity contribution in [2.24, 2.45) is 5.73 Å². The van der Waals surface area contributed by atoms with Gasteiger partial charge in [-0.3, -0.25) is 4.79 Å². The number of carboxylic acid groups (broad SMARTS) is 1. The summed E-state index contributed by atoms with van der Waals surface area (Å²) in [5, 5.41) is 11.7. The first-order valence-corrected chi connectivity index (χ1v) is 5.29. The zero-order chi connectivity index (χ0) is 13.8. The predicted octanol–water partition coefficient (Wildman–Crippen LogP) is 1.02. The second kappa shape index (κ2) is 5.13. The topological polar surface area (TPSA) is 118 Å². The maximum atomic E-state index is 11.2. The lowest BCUT2D eigenvalue weighted by Gasteiger charge is -2.08. The average molecular weight is 258 g/mol. The number of aromatic carboxylic acids is 1. The molecule has 0 unspecified atom stereocenters. The number of hydrogen-bond acceptors (Lipinski definition) is 5. The van der Waals surface area contributed by atoms with Gasteiger partial charge in [0.15, 0.2) is 11.5 Å². The van der Waals surface area contributed by atoms with E-state index in [0.29, 0.717) is 5.69 Å². The number of carbonyl (C=O) groups is 2. The van der Waals surface area contributed by atoms with E-state index in [2.05, 4.69) is 15.3 Å². The van der Waals surface area contributed by atoms with Crippen LogP contribution in [0.4, 0.5) is 11.5 Å². The van der Waals surface area contributed by atoms with Gasteiger partial charge in [0.05, 0.1) is 5.56 Å².